The Morgan fingerprint density at radius 3 is 2.42 bits per heavy atom. The predicted molar refractivity (Wildman–Crippen MR) is 101 cm³/mol. The minimum Gasteiger partial charge on any atom is -0.468 e. The third-order valence-corrected chi connectivity index (χ3v) is 4.83. The van der Waals surface area contributed by atoms with Crippen molar-refractivity contribution in [1.82, 2.24) is 10.2 Å². The van der Waals surface area contributed by atoms with Crippen LogP contribution in [0.15, 0.2) is 47.1 Å². The number of furan rings is 1. The molecule has 26 heavy (non-hydrogen) atoms. The molecule has 1 atom stereocenters. The molecule has 1 fully saturated rings. The molecule has 5 heteroatoms. The minimum absolute atomic E-state index is 0.0201. The van der Waals surface area contributed by atoms with Crippen LogP contribution < -0.4 is 5.32 Å². The monoisotopic (exact) mass is 356 g/mol. The summed E-state index contributed by atoms with van der Waals surface area (Å²) in [4.78, 5) is 14.9. The molecule has 5 nitrogen and oxygen atoms in total. The Morgan fingerprint density at radius 2 is 1.85 bits per heavy atom. The van der Waals surface area contributed by atoms with E-state index in [1.807, 2.05) is 36.4 Å². The van der Waals surface area contributed by atoms with E-state index in [1.54, 1.807) is 6.26 Å². The molecule has 0 saturated carbocycles. The Kier molecular flexibility index (Phi) is 5.79. The predicted octanol–water partition coefficient (Wildman–Crippen LogP) is 3.38. The molecule has 1 N–H and O–H groups in total. The van der Waals surface area contributed by atoms with Gasteiger partial charge >= 0.3 is 0 Å². The Bertz CT molecular complexity index is 696. The van der Waals surface area contributed by atoms with Crippen molar-refractivity contribution in [3.8, 4) is 0 Å². The number of ether oxygens (including phenoxy) is 1. The average Bonchev–Trinajstić information content (AvgIpc) is 3.16. The van der Waals surface area contributed by atoms with Crippen LogP contribution in [-0.4, -0.2) is 43.7 Å². The molecule has 0 radical (unpaired) electrons. The zero-order valence-corrected chi connectivity index (χ0v) is 15.8. The maximum absolute atomic E-state index is 12.6. The second kappa shape index (κ2) is 8.06. The van der Waals surface area contributed by atoms with Gasteiger partial charge in [-0.2, -0.15) is 0 Å². The third-order valence-electron chi connectivity index (χ3n) is 4.83. The molecule has 0 unspecified atom stereocenters. The second-order valence-electron chi connectivity index (χ2n) is 7.72. The van der Waals surface area contributed by atoms with Crippen molar-refractivity contribution < 1.29 is 13.9 Å². The van der Waals surface area contributed by atoms with Crippen LogP contribution in [0, 0.1) is 0 Å². The van der Waals surface area contributed by atoms with E-state index in [1.165, 1.54) is 5.56 Å². The molecule has 1 aromatic heterocycles. The summed E-state index contributed by atoms with van der Waals surface area (Å²) in [6.45, 7) is 10.1. The number of morpholine rings is 1. The van der Waals surface area contributed by atoms with Gasteiger partial charge in [-0.25, -0.2) is 0 Å². The van der Waals surface area contributed by atoms with Gasteiger partial charge in [0.25, 0.3) is 5.91 Å². The average molecular weight is 356 g/mol. The standard InChI is InChI=1S/C21H28N2O3/c1-21(2,3)17-8-6-16(7-9-17)20(24)22-15-18(19-5-4-12-26-19)23-10-13-25-14-11-23/h4-9,12,18H,10-11,13-15H2,1-3H3,(H,22,24)/t18-/m1/s1. The molecule has 0 bridgehead atoms. The van der Waals surface area contributed by atoms with Crippen molar-refractivity contribution in [3.63, 3.8) is 0 Å². The van der Waals surface area contributed by atoms with E-state index in [0.717, 1.165) is 18.8 Å². The lowest BCUT2D eigenvalue weighted by Crippen LogP contribution is -2.43. The summed E-state index contributed by atoms with van der Waals surface area (Å²) in [5.41, 5.74) is 1.98. The number of amides is 1. The molecule has 3 rings (SSSR count). The van der Waals surface area contributed by atoms with E-state index in [4.69, 9.17) is 9.15 Å². The summed E-state index contributed by atoms with van der Waals surface area (Å²) in [6.07, 6.45) is 1.68. The van der Waals surface area contributed by atoms with Gasteiger partial charge < -0.3 is 14.5 Å². The minimum atomic E-state index is -0.0599. The smallest absolute Gasteiger partial charge is 0.251 e. The number of benzene rings is 1. The van der Waals surface area contributed by atoms with Gasteiger partial charge in [0, 0.05) is 25.2 Å². The highest BCUT2D eigenvalue weighted by Crippen LogP contribution is 2.23. The van der Waals surface area contributed by atoms with Crippen LogP contribution in [0.4, 0.5) is 0 Å². The largest absolute Gasteiger partial charge is 0.468 e. The van der Waals surface area contributed by atoms with Crippen LogP contribution in [0.1, 0.15) is 48.5 Å². The highest BCUT2D eigenvalue weighted by atomic mass is 16.5. The van der Waals surface area contributed by atoms with E-state index in [9.17, 15) is 4.79 Å². The van der Waals surface area contributed by atoms with E-state index in [2.05, 4.69) is 31.0 Å². The summed E-state index contributed by atoms with van der Waals surface area (Å²) in [6, 6.07) is 11.7. The molecule has 2 heterocycles. The van der Waals surface area contributed by atoms with Crippen LogP contribution in [0.25, 0.3) is 0 Å². The van der Waals surface area contributed by atoms with Gasteiger partial charge in [-0.15, -0.1) is 0 Å². The second-order valence-corrected chi connectivity index (χ2v) is 7.72. The van der Waals surface area contributed by atoms with Crippen LogP contribution in [0.3, 0.4) is 0 Å². The fourth-order valence-corrected chi connectivity index (χ4v) is 3.19. The van der Waals surface area contributed by atoms with Gasteiger partial charge in [0.1, 0.15) is 5.76 Å². The summed E-state index contributed by atoms with van der Waals surface area (Å²) in [5, 5.41) is 3.06. The Hall–Kier alpha value is -2.11. The number of hydrogen-bond acceptors (Lipinski definition) is 4. The van der Waals surface area contributed by atoms with Crippen molar-refractivity contribution >= 4 is 5.91 Å². The molecule has 1 aliphatic rings. The molecule has 0 aliphatic carbocycles. The lowest BCUT2D eigenvalue weighted by atomic mass is 9.87. The molecule has 140 valence electrons. The SMILES string of the molecule is CC(C)(C)c1ccc(C(=O)NC[C@H](c2ccco2)N2CCOCC2)cc1. The lowest BCUT2D eigenvalue weighted by molar-refractivity contribution is 0.0118. The summed E-state index contributed by atoms with van der Waals surface area (Å²) in [7, 11) is 0. The summed E-state index contributed by atoms with van der Waals surface area (Å²) in [5.74, 6) is 0.811. The molecule has 2 aromatic rings. The zero-order chi connectivity index (χ0) is 18.6. The first-order chi connectivity index (χ1) is 12.4. The van der Waals surface area contributed by atoms with E-state index >= 15 is 0 Å². The number of rotatable bonds is 5. The van der Waals surface area contributed by atoms with Gasteiger partial charge in [-0.3, -0.25) is 9.69 Å². The highest BCUT2D eigenvalue weighted by Gasteiger charge is 2.25. The number of nitrogens with one attached hydrogen (secondary N) is 1. The highest BCUT2D eigenvalue weighted by molar-refractivity contribution is 5.94. The van der Waals surface area contributed by atoms with Gasteiger partial charge in [-0.1, -0.05) is 32.9 Å². The van der Waals surface area contributed by atoms with Gasteiger partial charge in [-0.05, 0) is 35.2 Å². The van der Waals surface area contributed by atoms with E-state index in [0.29, 0.717) is 25.3 Å². The molecular weight excluding hydrogens is 328 g/mol. The first-order valence-corrected chi connectivity index (χ1v) is 9.19. The van der Waals surface area contributed by atoms with Gasteiger partial charge in [0.2, 0.25) is 0 Å². The Balaban J connectivity index is 1.65. The number of hydrogen-bond donors (Lipinski definition) is 1. The topological polar surface area (TPSA) is 54.7 Å². The first kappa shape index (κ1) is 18.7. The number of carbonyl (C=O) groups excluding carboxylic acids is 1. The van der Waals surface area contributed by atoms with Gasteiger partial charge in [0.15, 0.2) is 0 Å². The maximum atomic E-state index is 12.6. The Morgan fingerprint density at radius 1 is 1.15 bits per heavy atom. The number of carbonyl (C=O) groups is 1. The fraction of sp³-hybridized carbons (Fsp3) is 0.476. The van der Waals surface area contributed by atoms with Crippen LogP contribution in [0.2, 0.25) is 0 Å². The fourth-order valence-electron chi connectivity index (χ4n) is 3.19. The maximum Gasteiger partial charge on any atom is 0.251 e. The Labute approximate surface area is 155 Å². The van der Waals surface area contributed by atoms with Crippen LogP contribution in [-0.2, 0) is 10.2 Å². The third kappa shape index (κ3) is 4.54. The van der Waals surface area contributed by atoms with Crippen molar-refractivity contribution in [2.45, 2.75) is 32.2 Å². The zero-order valence-electron chi connectivity index (χ0n) is 15.8. The van der Waals surface area contributed by atoms with Crippen molar-refractivity contribution in [2.24, 2.45) is 0 Å². The normalized spacial score (nSPS) is 17.0. The molecule has 1 aliphatic heterocycles. The van der Waals surface area contributed by atoms with Crippen molar-refractivity contribution in [3.05, 3.63) is 59.5 Å². The number of nitrogens with zero attached hydrogens (tertiary/aromatic N) is 1. The van der Waals surface area contributed by atoms with Crippen LogP contribution >= 0.6 is 0 Å². The molecule has 0 spiro atoms. The van der Waals surface area contributed by atoms with Gasteiger partial charge in [0.05, 0.1) is 25.5 Å². The van der Waals surface area contributed by atoms with E-state index in [-0.39, 0.29) is 17.4 Å². The molecule has 1 saturated heterocycles. The summed E-state index contributed by atoms with van der Waals surface area (Å²) >= 11 is 0. The summed E-state index contributed by atoms with van der Waals surface area (Å²) < 4.78 is 11.0. The molecule has 1 amide bonds. The molecular formula is C21H28N2O3. The lowest BCUT2D eigenvalue weighted by Gasteiger charge is -2.33. The van der Waals surface area contributed by atoms with Crippen LogP contribution in [0.5, 0.6) is 0 Å². The van der Waals surface area contributed by atoms with Crippen molar-refractivity contribution in [2.75, 3.05) is 32.8 Å². The quantitative estimate of drug-likeness (QED) is 0.892. The van der Waals surface area contributed by atoms with Crippen molar-refractivity contribution in [1.29, 1.82) is 0 Å². The molecule has 1 aromatic carbocycles. The first-order valence-electron chi connectivity index (χ1n) is 9.19. The van der Waals surface area contributed by atoms with E-state index < -0.39 is 0 Å².